The first-order chi connectivity index (χ1) is 14.2. The van der Waals surface area contributed by atoms with Crippen LogP contribution in [0.25, 0.3) is 0 Å². The first-order valence-electron chi connectivity index (χ1n) is 11.1. The van der Waals surface area contributed by atoms with E-state index in [-0.39, 0.29) is 49.0 Å². The average molecular weight is 428 g/mol. The summed E-state index contributed by atoms with van der Waals surface area (Å²) in [6.45, 7) is 5.58. The van der Waals surface area contributed by atoms with E-state index in [1.54, 1.807) is 4.90 Å². The average Bonchev–Trinajstić information content (AvgIpc) is 3.37. The number of hydrogen-bond acceptors (Lipinski definition) is 5. The largest absolute Gasteiger partial charge is 0.341 e. The Kier molecular flexibility index (Phi) is 5.85. The zero-order chi connectivity index (χ0) is 21.5. The van der Waals surface area contributed by atoms with Crippen molar-refractivity contribution in [2.24, 2.45) is 5.92 Å². The SMILES string of the molecule is CC(C)C1(c2noc(C3CCC(F)(F)CC3)n2)CCN(C(=O)[C@@H]2C[C@H](F)CN2)CC1. The standard InChI is InChI=1S/C21H31F3N4O2/c1-13(2)20(7-9-28(10-8-20)18(29)16-11-15(22)12-25-16)19-26-17(30-27-19)14-3-5-21(23,24)6-4-14/h13-16,25H,3-12H2,1-2H3/t15-,16-/m0/s1. The molecule has 30 heavy (non-hydrogen) atoms. The highest BCUT2D eigenvalue weighted by Gasteiger charge is 2.45. The van der Waals surface area contributed by atoms with Crippen molar-refractivity contribution >= 4 is 5.91 Å². The minimum atomic E-state index is -2.59. The molecule has 2 atom stereocenters. The molecule has 1 aliphatic carbocycles. The fourth-order valence-corrected chi connectivity index (χ4v) is 5.18. The number of halogens is 3. The third kappa shape index (κ3) is 4.09. The maximum atomic E-state index is 13.5. The van der Waals surface area contributed by atoms with E-state index in [2.05, 4.69) is 29.3 Å². The number of likely N-dealkylation sites (tertiary alicyclic amines) is 1. The van der Waals surface area contributed by atoms with E-state index in [4.69, 9.17) is 4.52 Å². The number of carbonyl (C=O) groups is 1. The van der Waals surface area contributed by atoms with Gasteiger partial charge in [-0.1, -0.05) is 19.0 Å². The smallest absolute Gasteiger partial charge is 0.248 e. The lowest BCUT2D eigenvalue weighted by molar-refractivity contribution is -0.135. The molecule has 1 aromatic heterocycles. The Morgan fingerprint density at radius 2 is 1.87 bits per heavy atom. The first kappa shape index (κ1) is 21.6. The fourth-order valence-electron chi connectivity index (χ4n) is 5.18. The van der Waals surface area contributed by atoms with E-state index in [1.165, 1.54) is 0 Å². The molecule has 2 aliphatic heterocycles. The molecule has 6 nitrogen and oxygen atoms in total. The highest BCUT2D eigenvalue weighted by molar-refractivity contribution is 5.82. The molecule has 0 radical (unpaired) electrons. The van der Waals surface area contributed by atoms with Crippen LogP contribution < -0.4 is 5.32 Å². The van der Waals surface area contributed by atoms with E-state index in [1.807, 2.05) is 0 Å². The molecular formula is C21H31F3N4O2. The second-order valence-electron chi connectivity index (χ2n) is 9.52. The lowest BCUT2D eigenvalue weighted by atomic mass is 9.69. The Morgan fingerprint density at radius 1 is 1.20 bits per heavy atom. The number of alkyl halides is 3. The van der Waals surface area contributed by atoms with Gasteiger partial charge in [-0.2, -0.15) is 4.98 Å². The number of nitrogens with one attached hydrogen (secondary N) is 1. The van der Waals surface area contributed by atoms with Gasteiger partial charge in [0.2, 0.25) is 17.7 Å². The van der Waals surface area contributed by atoms with E-state index in [0.717, 1.165) is 0 Å². The van der Waals surface area contributed by atoms with Gasteiger partial charge < -0.3 is 14.7 Å². The minimum absolute atomic E-state index is 0.0376. The van der Waals surface area contributed by atoms with Crippen LogP contribution in [0.1, 0.15) is 76.4 Å². The Balaban J connectivity index is 1.43. The summed E-state index contributed by atoms with van der Waals surface area (Å²) in [5, 5.41) is 7.23. The monoisotopic (exact) mass is 428 g/mol. The summed E-state index contributed by atoms with van der Waals surface area (Å²) in [6, 6.07) is -0.437. The molecule has 1 amide bonds. The molecule has 9 heteroatoms. The van der Waals surface area contributed by atoms with Gasteiger partial charge in [-0.05, 0) is 31.6 Å². The van der Waals surface area contributed by atoms with Gasteiger partial charge in [-0.3, -0.25) is 4.79 Å². The predicted molar refractivity (Wildman–Crippen MR) is 104 cm³/mol. The van der Waals surface area contributed by atoms with Crippen molar-refractivity contribution < 1.29 is 22.5 Å². The van der Waals surface area contributed by atoms with Gasteiger partial charge in [0.15, 0.2) is 5.82 Å². The summed E-state index contributed by atoms with van der Waals surface area (Å²) in [6.07, 6.45) is 1.10. The second kappa shape index (κ2) is 8.13. The van der Waals surface area contributed by atoms with E-state index in [0.29, 0.717) is 50.5 Å². The van der Waals surface area contributed by atoms with Crippen molar-refractivity contribution in [1.82, 2.24) is 20.4 Å². The molecule has 3 fully saturated rings. The van der Waals surface area contributed by atoms with Crippen LogP contribution in [0.5, 0.6) is 0 Å². The van der Waals surface area contributed by atoms with Gasteiger partial charge in [-0.25, -0.2) is 13.2 Å². The number of rotatable bonds is 4. The maximum absolute atomic E-state index is 13.5. The molecule has 1 saturated carbocycles. The van der Waals surface area contributed by atoms with Crippen molar-refractivity contribution in [1.29, 1.82) is 0 Å². The number of piperidine rings is 1. The van der Waals surface area contributed by atoms with Gasteiger partial charge in [0.05, 0.1) is 6.04 Å². The van der Waals surface area contributed by atoms with Crippen LogP contribution in [0.2, 0.25) is 0 Å². The van der Waals surface area contributed by atoms with Crippen molar-refractivity contribution in [2.75, 3.05) is 19.6 Å². The molecule has 0 aromatic carbocycles. The Hall–Kier alpha value is -1.64. The van der Waals surface area contributed by atoms with Crippen molar-refractivity contribution in [3.05, 3.63) is 11.7 Å². The molecule has 3 heterocycles. The molecule has 0 spiro atoms. The van der Waals surface area contributed by atoms with Crippen LogP contribution in [0, 0.1) is 5.92 Å². The number of carbonyl (C=O) groups excluding carboxylic acids is 1. The summed E-state index contributed by atoms with van der Waals surface area (Å²) >= 11 is 0. The summed E-state index contributed by atoms with van der Waals surface area (Å²) < 4.78 is 45.9. The fraction of sp³-hybridized carbons (Fsp3) is 0.857. The van der Waals surface area contributed by atoms with Crippen LogP contribution in [-0.4, -0.2) is 58.7 Å². The Morgan fingerprint density at radius 3 is 2.43 bits per heavy atom. The third-order valence-corrected chi connectivity index (χ3v) is 7.40. The third-order valence-electron chi connectivity index (χ3n) is 7.40. The highest BCUT2D eigenvalue weighted by atomic mass is 19.3. The summed E-state index contributed by atoms with van der Waals surface area (Å²) in [5.41, 5.74) is -0.317. The number of amides is 1. The molecule has 168 valence electrons. The quantitative estimate of drug-likeness (QED) is 0.794. The second-order valence-corrected chi connectivity index (χ2v) is 9.52. The summed E-state index contributed by atoms with van der Waals surface area (Å²) in [4.78, 5) is 19.2. The Labute approximate surface area is 175 Å². The van der Waals surface area contributed by atoms with E-state index in [9.17, 15) is 18.0 Å². The molecular weight excluding hydrogens is 397 g/mol. The van der Waals surface area contributed by atoms with Gasteiger partial charge >= 0.3 is 0 Å². The summed E-state index contributed by atoms with van der Waals surface area (Å²) in [7, 11) is 0. The molecule has 1 N–H and O–H groups in total. The van der Waals surface area contributed by atoms with Gasteiger partial charge in [0.25, 0.3) is 0 Å². The van der Waals surface area contributed by atoms with Gasteiger partial charge in [0.1, 0.15) is 6.17 Å². The number of aromatic nitrogens is 2. The predicted octanol–water partition coefficient (Wildman–Crippen LogP) is 3.58. The molecule has 0 unspecified atom stereocenters. The number of hydrogen-bond donors (Lipinski definition) is 1. The molecule has 1 aromatic rings. The van der Waals surface area contributed by atoms with Gasteiger partial charge in [0, 0.05) is 50.2 Å². The van der Waals surface area contributed by atoms with E-state index < -0.39 is 18.1 Å². The lowest BCUT2D eigenvalue weighted by Crippen LogP contribution is -2.52. The topological polar surface area (TPSA) is 71.3 Å². The van der Waals surface area contributed by atoms with Gasteiger partial charge in [-0.15, -0.1) is 0 Å². The van der Waals surface area contributed by atoms with Crippen LogP contribution >= 0.6 is 0 Å². The summed E-state index contributed by atoms with van der Waals surface area (Å²) in [5.74, 6) is -1.42. The van der Waals surface area contributed by atoms with Crippen LogP contribution in [-0.2, 0) is 10.2 Å². The van der Waals surface area contributed by atoms with Crippen molar-refractivity contribution in [3.63, 3.8) is 0 Å². The molecule has 2 saturated heterocycles. The van der Waals surface area contributed by atoms with Crippen LogP contribution in [0.15, 0.2) is 4.52 Å². The van der Waals surface area contributed by atoms with Crippen LogP contribution in [0.4, 0.5) is 13.2 Å². The molecule has 3 aliphatic rings. The zero-order valence-corrected chi connectivity index (χ0v) is 17.7. The Bertz CT molecular complexity index is 751. The van der Waals surface area contributed by atoms with Crippen molar-refractivity contribution in [2.45, 2.75) is 88.3 Å². The van der Waals surface area contributed by atoms with Crippen LogP contribution in [0.3, 0.4) is 0 Å². The van der Waals surface area contributed by atoms with Crippen molar-refractivity contribution in [3.8, 4) is 0 Å². The lowest BCUT2D eigenvalue weighted by Gasteiger charge is -2.43. The normalized spacial score (nSPS) is 29.5. The molecule has 4 rings (SSSR count). The van der Waals surface area contributed by atoms with E-state index >= 15 is 0 Å². The first-order valence-corrected chi connectivity index (χ1v) is 11.1. The highest BCUT2D eigenvalue weighted by Crippen LogP contribution is 2.43. The molecule has 0 bridgehead atoms. The minimum Gasteiger partial charge on any atom is -0.341 e. The maximum Gasteiger partial charge on any atom is 0.248 e. The zero-order valence-electron chi connectivity index (χ0n) is 17.7. The number of nitrogens with zero attached hydrogens (tertiary/aromatic N) is 3.